The maximum atomic E-state index is 12.1. The summed E-state index contributed by atoms with van der Waals surface area (Å²) in [6, 6.07) is 19.1. The van der Waals surface area contributed by atoms with Crippen LogP contribution >= 0.6 is 11.6 Å². The largest absolute Gasteiger partial charge is 0.482 e. The second-order valence-corrected chi connectivity index (χ2v) is 7.10. The van der Waals surface area contributed by atoms with Crippen LogP contribution in [0.25, 0.3) is 0 Å². The third-order valence-electron chi connectivity index (χ3n) is 4.30. The van der Waals surface area contributed by atoms with Gasteiger partial charge in [0.2, 0.25) is 0 Å². The number of aryl methyl sites for hydroxylation is 2. The third-order valence-corrected chi connectivity index (χ3v) is 4.90. The third kappa shape index (κ3) is 5.84. The summed E-state index contributed by atoms with van der Waals surface area (Å²) in [7, 11) is 0. The van der Waals surface area contributed by atoms with Crippen molar-refractivity contribution >= 4 is 23.5 Å². The molecule has 0 aliphatic rings. The van der Waals surface area contributed by atoms with Crippen LogP contribution in [-0.2, 0) is 16.1 Å². The highest BCUT2D eigenvalue weighted by molar-refractivity contribution is 6.32. The molecule has 0 atom stereocenters. The molecule has 6 heteroatoms. The molecule has 3 aromatic carbocycles. The fourth-order valence-electron chi connectivity index (χ4n) is 2.76. The fraction of sp³-hybridized carbons (Fsp3) is 0.167. The number of rotatable bonds is 7. The molecule has 30 heavy (non-hydrogen) atoms. The second-order valence-electron chi connectivity index (χ2n) is 6.72. The molecule has 0 aliphatic heterocycles. The summed E-state index contributed by atoms with van der Waals surface area (Å²) in [4.78, 5) is 24.2. The number of ether oxygens (including phenoxy) is 3. The maximum absolute atomic E-state index is 12.1. The second kappa shape index (κ2) is 9.94. The number of hydrogen-bond acceptors (Lipinski definition) is 5. The highest BCUT2D eigenvalue weighted by atomic mass is 35.5. The highest BCUT2D eigenvalue weighted by Crippen LogP contribution is 2.26. The van der Waals surface area contributed by atoms with Crippen LogP contribution in [0.5, 0.6) is 11.5 Å². The van der Waals surface area contributed by atoms with Crippen LogP contribution < -0.4 is 9.47 Å². The van der Waals surface area contributed by atoms with E-state index in [1.165, 1.54) is 12.1 Å². The first-order valence-corrected chi connectivity index (χ1v) is 9.71. The summed E-state index contributed by atoms with van der Waals surface area (Å²) in [6.45, 7) is 3.68. The lowest BCUT2D eigenvalue weighted by Crippen LogP contribution is -2.17. The Labute approximate surface area is 180 Å². The molecule has 3 aromatic rings. The standard InChI is InChI=1S/C24H21ClO5/c1-16-12-21(13-17(2)23(16)25)28-15-22(26)30-20-10-8-19(9-11-20)24(27)29-14-18-6-4-3-5-7-18/h3-13H,14-15H2,1-2H3. The SMILES string of the molecule is Cc1cc(OCC(=O)Oc2ccc(C(=O)OCc3ccccc3)cc2)cc(C)c1Cl. The van der Waals surface area contributed by atoms with Crippen molar-refractivity contribution in [1.29, 1.82) is 0 Å². The molecule has 0 bridgehead atoms. The van der Waals surface area contributed by atoms with E-state index in [-0.39, 0.29) is 13.2 Å². The van der Waals surface area contributed by atoms with E-state index in [4.69, 9.17) is 25.8 Å². The van der Waals surface area contributed by atoms with E-state index in [1.54, 1.807) is 24.3 Å². The zero-order valence-corrected chi connectivity index (χ0v) is 17.4. The van der Waals surface area contributed by atoms with Crippen molar-refractivity contribution in [2.24, 2.45) is 0 Å². The smallest absolute Gasteiger partial charge is 0.349 e. The molecule has 0 amide bonds. The number of benzene rings is 3. The Morgan fingerprint density at radius 1 is 0.867 bits per heavy atom. The monoisotopic (exact) mass is 424 g/mol. The summed E-state index contributed by atoms with van der Waals surface area (Å²) in [5.41, 5.74) is 3.01. The van der Waals surface area contributed by atoms with E-state index >= 15 is 0 Å². The Kier molecular flexibility index (Phi) is 7.09. The quantitative estimate of drug-likeness (QED) is 0.380. The molecule has 0 radical (unpaired) electrons. The predicted molar refractivity (Wildman–Crippen MR) is 114 cm³/mol. The van der Waals surface area contributed by atoms with Gasteiger partial charge in [0.25, 0.3) is 0 Å². The molecule has 0 N–H and O–H groups in total. The minimum Gasteiger partial charge on any atom is -0.482 e. The molecular formula is C24H21ClO5. The zero-order chi connectivity index (χ0) is 21.5. The van der Waals surface area contributed by atoms with Crippen LogP contribution in [0.1, 0.15) is 27.0 Å². The van der Waals surface area contributed by atoms with Crippen LogP contribution in [0.2, 0.25) is 5.02 Å². The molecule has 0 saturated carbocycles. The average Bonchev–Trinajstić information content (AvgIpc) is 2.75. The van der Waals surface area contributed by atoms with E-state index < -0.39 is 11.9 Å². The summed E-state index contributed by atoms with van der Waals surface area (Å²) >= 11 is 6.13. The Bertz CT molecular complexity index is 1010. The fourth-order valence-corrected chi connectivity index (χ4v) is 2.87. The van der Waals surface area contributed by atoms with Gasteiger partial charge in [0.1, 0.15) is 18.1 Å². The van der Waals surface area contributed by atoms with Crippen molar-refractivity contribution in [2.45, 2.75) is 20.5 Å². The van der Waals surface area contributed by atoms with Crippen molar-refractivity contribution in [1.82, 2.24) is 0 Å². The lowest BCUT2D eigenvalue weighted by Gasteiger charge is -2.10. The molecular weight excluding hydrogens is 404 g/mol. The molecule has 0 saturated heterocycles. The van der Waals surface area contributed by atoms with Crippen LogP contribution in [0.4, 0.5) is 0 Å². The number of carbonyl (C=O) groups is 2. The minimum absolute atomic E-state index is 0.192. The van der Waals surface area contributed by atoms with E-state index in [0.717, 1.165) is 16.7 Å². The lowest BCUT2D eigenvalue weighted by atomic mass is 10.1. The number of halogens is 1. The van der Waals surface area contributed by atoms with Crippen LogP contribution in [-0.4, -0.2) is 18.5 Å². The molecule has 0 aliphatic carbocycles. The normalized spacial score (nSPS) is 10.4. The van der Waals surface area contributed by atoms with Gasteiger partial charge < -0.3 is 14.2 Å². The van der Waals surface area contributed by atoms with E-state index in [2.05, 4.69) is 0 Å². The van der Waals surface area contributed by atoms with Gasteiger partial charge >= 0.3 is 11.9 Å². The van der Waals surface area contributed by atoms with Crippen LogP contribution in [0, 0.1) is 13.8 Å². The first kappa shape index (κ1) is 21.4. The molecule has 5 nitrogen and oxygen atoms in total. The first-order valence-electron chi connectivity index (χ1n) is 9.33. The molecule has 154 valence electrons. The van der Waals surface area contributed by atoms with Gasteiger partial charge in [0.05, 0.1) is 5.56 Å². The molecule has 3 rings (SSSR count). The summed E-state index contributed by atoms with van der Waals surface area (Å²) < 4.78 is 16.0. The average molecular weight is 425 g/mol. The van der Waals surface area contributed by atoms with Crippen molar-refractivity contribution in [3.05, 3.63) is 94.0 Å². The van der Waals surface area contributed by atoms with E-state index in [1.807, 2.05) is 44.2 Å². The summed E-state index contributed by atoms with van der Waals surface area (Å²) in [5, 5.41) is 0.673. The maximum Gasteiger partial charge on any atom is 0.349 e. The van der Waals surface area contributed by atoms with Gasteiger partial charge in [0.15, 0.2) is 6.61 Å². The Hall–Kier alpha value is -3.31. The topological polar surface area (TPSA) is 61.8 Å². The summed E-state index contributed by atoms with van der Waals surface area (Å²) in [5.74, 6) is -0.150. The first-order chi connectivity index (χ1) is 14.4. The Balaban J connectivity index is 1.50. The van der Waals surface area contributed by atoms with Gasteiger partial charge in [-0.15, -0.1) is 0 Å². The molecule has 0 heterocycles. The molecule has 0 fully saturated rings. The zero-order valence-electron chi connectivity index (χ0n) is 16.7. The number of esters is 2. The van der Waals surface area contributed by atoms with Gasteiger partial charge in [-0.05, 0) is 66.9 Å². The number of carbonyl (C=O) groups excluding carboxylic acids is 2. The van der Waals surface area contributed by atoms with Crippen molar-refractivity contribution in [3.63, 3.8) is 0 Å². The minimum atomic E-state index is -0.556. The Morgan fingerprint density at radius 2 is 1.50 bits per heavy atom. The van der Waals surface area contributed by atoms with Crippen LogP contribution in [0.3, 0.4) is 0 Å². The van der Waals surface area contributed by atoms with E-state index in [9.17, 15) is 9.59 Å². The Morgan fingerprint density at radius 3 is 2.13 bits per heavy atom. The summed E-state index contributed by atoms with van der Waals surface area (Å²) in [6.07, 6.45) is 0. The molecule has 0 spiro atoms. The van der Waals surface area contributed by atoms with Crippen molar-refractivity contribution in [2.75, 3.05) is 6.61 Å². The van der Waals surface area contributed by atoms with Gasteiger partial charge in [0, 0.05) is 5.02 Å². The lowest BCUT2D eigenvalue weighted by molar-refractivity contribution is -0.136. The van der Waals surface area contributed by atoms with Gasteiger partial charge in [-0.1, -0.05) is 41.9 Å². The van der Waals surface area contributed by atoms with Crippen molar-refractivity contribution < 1.29 is 23.8 Å². The predicted octanol–water partition coefficient (Wildman–Crippen LogP) is 5.30. The van der Waals surface area contributed by atoms with Gasteiger partial charge in [-0.2, -0.15) is 0 Å². The van der Waals surface area contributed by atoms with Gasteiger partial charge in [-0.25, -0.2) is 9.59 Å². The van der Waals surface area contributed by atoms with Crippen molar-refractivity contribution in [3.8, 4) is 11.5 Å². The molecule has 0 aromatic heterocycles. The highest BCUT2D eigenvalue weighted by Gasteiger charge is 2.11. The van der Waals surface area contributed by atoms with Crippen LogP contribution in [0.15, 0.2) is 66.7 Å². The van der Waals surface area contributed by atoms with E-state index in [0.29, 0.717) is 22.1 Å². The molecule has 0 unspecified atom stereocenters. The number of hydrogen-bond donors (Lipinski definition) is 0. The van der Waals surface area contributed by atoms with Gasteiger partial charge in [-0.3, -0.25) is 0 Å².